The molecule has 0 aliphatic carbocycles. The molecule has 2 N–H and O–H groups in total. The van der Waals surface area contributed by atoms with Crippen LogP contribution in [-0.4, -0.2) is 9.59 Å². The molecule has 2 rings (SSSR count). The number of aromatic nitrogens is 2. The molecule has 0 aliphatic heterocycles. The van der Waals surface area contributed by atoms with Gasteiger partial charge in [-0.2, -0.15) is 0 Å². The maximum absolute atomic E-state index is 5.98. The highest BCUT2D eigenvalue weighted by atomic mass is 35.5. The highest BCUT2D eigenvalue weighted by molar-refractivity contribution is 7.03. The van der Waals surface area contributed by atoms with Gasteiger partial charge in [0.2, 0.25) is 0 Å². The molecule has 72 valence electrons. The Bertz CT molecular complexity index is 416. The molecule has 0 amide bonds. The van der Waals surface area contributed by atoms with E-state index >= 15 is 0 Å². The summed E-state index contributed by atoms with van der Waals surface area (Å²) in [6.45, 7) is 0. The molecule has 0 radical (unpaired) electrons. The fourth-order valence-corrected chi connectivity index (χ4v) is 1.87. The molecule has 2 aromatic rings. The van der Waals surface area contributed by atoms with Crippen molar-refractivity contribution in [3.8, 4) is 0 Å². The molecule has 0 aliphatic rings. The van der Waals surface area contributed by atoms with Crippen molar-refractivity contribution in [2.45, 2.75) is 6.04 Å². The van der Waals surface area contributed by atoms with Crippen molar-refractivity contribution in [3.05, 3.63) is 45.9 Å². The third-order valence-electron chi connectivity index (χ3n) is 1.90. The van der Waals surface area contributed by atoms with Gasteiger partial charge in [-0.15, -0.1) is 5.10 Å². The molecule has 1 atom stereocenters. The molecule has 0 saturated heterocycles. The van der Waals surface area contributed by atoms with Gasteiger partial charge in [0.1, 0.15) is 0 Å². The lowest BCUT2D eigenvalue weighted by Gasteiger charge is -2.08. The molecule has 1 unspecified atom stereocenters. The summed E-state index contributed by atoms with van der Waals surface area (Å²) >= 11 is 7.15. The number of rotatable bonds is 2. The Balaban J connectivity index is 2.32. The summed E-state index contributed by atoms with van der Waals surface area (Å²) in [6.07, 6.45) is 0. The fourth-order valence-electron chi connectivity index (χ4n) is 1.18. The molecule has 0 bridgehead atoms. The number of nitrogens with zero attached hydrogens (tertiary/aromatic N) is 2. The minimum atomic E-state index is -0.243. The summed E-state index contributed by atoms with van der Waals surface area (Å²) in [5, 5.41) is 6.44. The first-order chi connectivity index (χ1) is 6.77. The smallest absolute Gasteiger partial charge is 0.0967 e. The van der Waals surface area contributed by atoms with Gasteiger partial charge in [-0.05, 0) is 29.2 Å². The lowest BCUT2D eigenvalue weighted by atomic mass is 10.1. The van der Waals surface area contributed by atoms with Crippen molar-refractivity contribution >= 4 is 23.1 Å². The van der Waals surface area contributed by atoms with E-state index in [2.05, 4.69) is 9.59 Å². The quantitative estimate of drug-likeness (QED) is 0.853. The summed E-state index contributed by atoms with van der Waals surface area (Å²) in [4.78, 5) is 0. The minimum absolute atomic E-state index is 0.243. The van der Waals surface area contributed by atoms with E-state index < -0.39 is 0 Å². The molecule has 0 saturated carbocycles. The Labute approximate surface area is 90.7 Å². The molecular formula is C9H8ClN3S. The van der Waals surface area contributed by atoms with Gasteiger partial charge in [-0.25, -0.2) is 0 Å². The van der Waals surface area contributed by atoms with Gasteiger partial charge in [-0.1, -0.05) is 28.2 Å². The Morgan fingerprint density at radius 1 is 1.43 bits per heavy atom. The van der Waals surface area contributed by atoms with E-state index in [1.54, 1.807) is 0 Å². The molecule has 1 heterocycles. The van der Waals surface area contributed by atoms with Gasteiger partial charge >= 0.3 is 0 Å². The number of benzene rings is 1. The van der Waals surface area contributed by atoms with Crippen LogP contribution in [0.2, 0.25) is 5.02 Å². The van der Waals surface area contributed by atoms with E-state index in [0.29, 0.717) is 5.02 Å². The van der Waals surface area contributed by atoms with Gasteiger partial charge in [-0.3, -0.25) is 0 Å². The van der Waals surface area contributed by atoms with Crippen LogP contribution in [0.15, 0.2) is 29.6 Å². The summed E-state index contributed by atoms with van der Waals surface area (Å²) in [5.74, 6) is 0. The van der Waals surface area contributed by atoms with Crippen LogP contribution in [0.1, 0.15) is 17.3 Å². The number of hydrogen-bond acceptors (Lipinski definition) is 4. The van der Waals surface area contributed by atoms with Crippen LogP contribution in [0.25, 0.3) is 0 Å². The van der Waals surface area contributed by atoms with Gasteiger partial charge in [0, 0.05) is 10.4 Å². The summed E-state index contributed by atoms with van der Waals surface area (Å²) in [6, 6.07) is 7.21. The molecule has 1 aromatic carbocycles. The normalized spacial score (nSPS) is 12.7. The van der Waals surface area contributed by atoms with Crippen LogP contribution in [-0.2, 0) is 0 Å². The number of hydrogen-bond donors (Lipinski definition) is 1. The van der Waals surface area contributed by atoms with Crippen LogP contribution >= 0.6 is 23.1 Å². The topological polar surface area (TPSA) is 51.8 Å². The zero-order valence-electron chi connectivity index (χ0n) is 7.22. The van der Waals surface area contributed by atoms with Gasteiger partial charge in [0.25, 0.3) is 0 Å². The Hall–Kier alpha value is -0.970. The fraction of sp³-hybridized carbons (Fsp3) is 0.111. The summed E-state index contributed by atoms with van der Waals surface area (Å²) < 4.78 is 3.77. The molecule has 0 spiro atoms. The van der Waals surface area contributed by atoms with Crippen LogP contribution in [0.3, 0.4) is 0 Å². The standard InChI is InChI=1S/C9H8ClN3S/c10-7-3-1-2-6(4-7)9(11)8-5-14-13-12-8/h1-5,9H,11H2. The molecule has 5 heteroatoms. The van der Waals surface area contributed by atoms with Crippen molar-refractivity contribution in [1.29, 1.82) is 0 Å². The second kappa shape index (κ2) is 4.04. The molecule has 3 nitrogen and oxygen atoms in total. The lowest BCUT2D eigenvalue weighted by molar-refractivity contribution is 0.818. The van der Waals surface area contributed by atoms with Gasteiger partial charge in [0.15, 0.2) is 0 Å². The molecule has 14 heavy (non-hydrogen) atoms. The highest BCUT2D eigenvalue weighted by Gasteiger charge is 2.11. The number of nitrogens with two attached hydrogens (primary N) is 1. The van der Waals surface area contributed by atoms with E-state index in [1.165, 1.54) is 11.5 Å². The molecule has 0 fully saturated rings. The Morgan fingerprint density at radius 2 is 2.29 bits per heavy atom. The summed E-state index contributed by atoms with van der Waals surface area (Å²) in [7, 11) is 0. The van der Waals surface area contributed by atoms with Crippen molar-refractivity contribution in [1.82, 2.24) is 9.59 Å². The summed E-state index contributed by atoms with van der Waals surface area (Å²) in [5.41, 5.74) is 7.70. The van der Waals surface area contributed by atoms with Gasteiger partial charge < -0.3 is 5.73 Å². The first-order valence-electron chi connectivity index (χ1n) is 4.05. The first kappa shape index (κ1) is 9.58. The lowest BCUT2D eigenvalue weighted by Crippen LogP contribution is -2.12. The van der Waals surface area contributed by atoms with Crippen LogP contribution in [0.5, 0.6) is 0 Å². The van der Waals surface area contributed by atoms with Crippen molar-refractivity contribution < 1.29 is 0 Å². The van der Waals surface area contributed by atoms with Crippen LogP contribution in [0, 0.1) is 0 Å². The zero-order valence-corrected chi connectivity index (χ0v) is 8.79. The van der Waals surface area contributed by atoms with Crippen LogP contribution in [0.4, 0.5) is 0 Å². The zero-order chi connectivity index (χ0) is 9.97. The average Bonchev–Trinajstić information content (AvgIpc) is 2.69. The van der Waals surface area contributed by atoms with Crippen molar-refractivity contribution in [3.63, 3.8) is 0 Å². The predicted molar refractivity (Wildman–Crippen MR) is 57.4 cm³/mol. The number of halogens is 1. The third-order valence-corrected chi connectivity index (χ3v) is 2.66. The third kappa shape index (κ3) is 1.92. The van der Waals surface area contributed by atoms with E-state index in [-0.39, 0.29) is 6.04 Å². The second-order valence-corrected chi connectivity index (χ2v) is 3.91. The van der Waals surface area contributed by atoms with E-state index in [1.807, 2.05) is 29.6 Å². The van der Waals surface area contributed by atoms with Crippen LogP contribution < -0.4 is 5.73 Å². The monoisotopic (exact) mass is 225 g/mol. The van der Waals surface area contributed by atoms with E-state index in [4.69, 9.17) is 17.3 Å². The average molecular weight is 226 g/mol. The van der Waals surface area contributed by atoms with E-state index in [0.717, 1.165) is 11.3 Å². The van der Waals surface area contributed by atoms with E-state index in [9.17, 15) is 0 Å². The SMILES string of the molecule is NC(c1cccc(Cl)c1)c1csnn1. The van der Waals surface area contributed by atoms with Crippen molar-refractivity contribution in [2.75, 3.05) is 0 Å². The maximum Gasteiger partial charge on any atom is 0.0967 e. The first-order valence-corrected chi connectivity index (χ1v) is 5.27. The Morgan fingerprint density at radius 3 is 2.93 bits per heavy atom. The van der Waals surface area contributed by atoms with Crippen molar-refractivity contribution in [2.24, 2.45) is 5.73 Å². The molecule has 1 aromatic heterocycles. The predicted octanol–water partition coefficient (Wildman–Crippen LogP) is 2.24. The minimum Gasteiger partial charge on any atom is -0.319 e. The largest absolute Gasteiger partial charge is 0.319 e. The highest BCUT2D eigenvalue weighted by Crippen LogP contribution is 2.20. The maximum atomic E-state index is 5.98. The second-order valence-electron chi connectivity index (χ2n) is 2.86. The Kier molecular flexibility index (Phi) is 2.77. The van der Waals surface area contributed by atoms with Gasteiger partial charge in [0.05, 0.1) is 11.7 Å². The molecular weight excluding hydrogens is 218 g/mol.